The van der Waals surface area contributed by atoms with E-state index in [4.69, 9.17) is 9.47 Å². The first kappa shape index (κ1) is 21.7. The van der Waals surface area contributed by atoms with Gasteiger partial charge in [-0.15, -0.1) is 11.3 Å². The average molecular weight is 429 g/mol. The third-order valence-corrected chi connectivity index (χ3v) is 5.82. The Balaban J connectivity index is 1.81. The van der Waals surface area contributed by atoms with Gasteiger partial charge in [0.1, 0.15) is 15.7 Å². The van der Waals surface area contributed by atoms with Gasteiger partial charge in [0.25, 0.3) is 5.56 Å². The molecule has 30 heavy (non-hydrogen) atoms. The van der Waals surface area contributed by atoms with Crippen LogP contribution in [0.3, 0.4) is 0 Å². The summed E-state index contributed by atoms with van der Waals surface area (Å²) in [7, 11) is 0. The van der Waals surface area contributed by atoms with Crippen molar-refractivity contribution < 1.29 is 19.1 Å². The van der Waals surface area contributed by atoms with E-state index in [1.165, 1.54) is 10.9 Å². The number of carbonyl (C=O) groups excluding carboxylic acids is 2. The van der Waals surface area contributed by atoms with Gasteiger partial charge in [-0.05, 0) is 38.8 Å². The Morgan fingerprint density at radius 1 is 1.17 bits per heavy atom. The topological polar surface area (TPSA) is 87.5 Å². The normalized spacial score (nSPS) is 12.2. The lowest BCUT2D eigenvalue weighted by Gasteiger charge is -2.15. The van der Waals surface area contributed by atoms with Crippen LogP contribution in [0.25, 0.3) is 10.2 Å². The number of esters is 2. The van der Waals surface area contributed by atoms with Gasteiger partial charge in [0.2, 0.25) is 0 Å². The molecule has 0 bridgehead atoms. The second-order valence-electron chi connectivity index (χ2n) is 7.23. The van der Waals surface area contributed by atoms with Crippen molar-refractivity contribution in [1.82, 2.24) is 9.55 Å². The maximum absolute atomic E-state index is 13.0. The molecule has 0 N–H and O–H groups in total. The highest BCUT2D eigenvalue weighted by molar-refractivity contribution is 7.20. The van der Waals surface area contributed by atoms with E-state index >= 15 is 0 Å². The van der Waals surface area contributed by atoms with E-state index < -0.39 is 18.0 Å². The summed E-state index contributed by atoms with van der Waals surface area (Å²) < 4.78 is 11.8. The molecule has 8 heteroatoms. The molecular weight excluding hydrogens is 404 g/mol. The molecule has 0 aliphatic heterocycles. The highest BCUT2D eigenvalue weighted by Gasteiger charge is 2.24. The van der Waals surface area contributed by atoms with Crippen LogP contribution in [0.2, 0.25) is 0 Å². The molecule has 0 saturated heterocycles. The minimum absolute atomic E-state index is 0.242. The predicted octanol–water partition coefficient (Wildman–Crippen LogP) is 3.68. The third-order valence-electron chi connectivity index (χ3n) is 4.64. The molecule has 0 amide bonds. The van der Waals surface area contributed by atoms with Gasteiger partial charge < -0.3 is 9.47 Å². The number of hydrogen-bond donors (Lipinski definition) is 0. The van der Waals surface area contributed by atoms with Gasteiger partial charge in [-0.1, -0.05) is 30.3 Å². The van der Waals surface area contributed by atoms with E-state index in [1.807, 2.05) is 30.3 Å². The second-order valence-corrected chi connectivity index (χ2v) is 8.23. The van der Waals surface area contributed by atoms with E-state index in [0.717, 1.165) is 16.9 Å². The standard InChI is InChI=1S/C22H24N2O5S/c1-13(2)29-21(26)15(4)24-12-23-19-17(20(24)25)14(3)18(30-19)22(27)28-11-10-16-8-6-5-7-9-16/h5-9,12-13,15H,10-11H2,1-4H3. The van der Waals surface area contributed by atoms with E-state index in [-0.39, 0.29) is 18.3 Å². The minimum atomic E-state index is -0.822. The molecule has 0 aliphatic rings. The summed E-state index contributed by atoms with van der Waals surface area (Å²) in [6.07, 6.45) is 1.64. The Labute approximate surface area is 178 Å². The van der Waals surface area contributed by atoms with Gasteiger partial charge in [0.05, 0.1) is 24.4 Å². The number of aromatic nitrogens is 2. The fourth-order valence-electron chi connectivity index (χ4n) is 3.02. The number of fused-ring (bicyclic) bond motifs is 1. The number of carbonyl (C=O) groups is 2. The summed E-state index contributed by atoms with van der Waals surface area (Å²) in [5.41, 5.74) is 1.20. The summed E-state index contributed by atoms with van der Waals surface area (Å²) >= 11 is 1.12. The largest absolute Gasteiger partial charge is 0.461 e. The number of thiophene rings is 1. The van der Waals surface area contributed by atoms with Crippen molar-refractivity contribution in [2.75, 3.05) is 6.61 Å². The van der Waals surface area contributed by atoms with Crippen LogP contribution in [0.5, 0.6) is 0 Å². The van der Waals surface area contributed by atoms with Gasteiger partial charge in [-0.2, -0.15) is 0 Å². The first-order chi connectivity index (χ1) is 14.3. The van der Waals surface area contributed by atoms with E-state index in [9.17, 15) is 14.4 Å². The average Bonchev–Trinajstić information content (AvgIpc) is 3.05. The zero-order chi connectivity index (χ0) is 21.8. The molecule has 0 spiro atoms. The van der Waals surface area contributed by atoms with E-state index in [1.54, 1.807) is 27.7 Å². The fourth-order valence-corrected chi connectivity index (χ4v) is 4.06. The lowest BCUT2D eigenvalue weighted by atomic mass is 10.2. The molecule has 0 saturated carbocycles. The van der Waals surface area contributed by atoms with Crippen LogP contribution in [0.1, 0.15) is 47.6 Å². The monoisotopic (exact) mass is 428 g/mol. The van der Waals surface area contributed by atoms with E-state index in [0.29, 0.717) is 27.1 Å². The lowest BCUT2D eigenvalue weighted by molar-refractivity contribution is -0.151. The number of nitrogens with zero attached hydrogens (tertiary/aromatic N) is 2. The smallest absolute Gasteiger partial charge is 0.348 e. The van der Waals surface area contributed by atoms with Gasteiger partial charge in [0.15, 0.2) is 0 Å². The number of aryl methyl sites for hydroxylation is 1. The number of ether oxygens (including phenoxy) is 2. The van der Waals surface area contributed by atoms with Gasteiger partial charge in [0, 0.05) is 6.42 Å². The van der Waals surface area contributed by atoms with Gasteiger partial charge in [-0.25, -0.2) is 14.6 Å². The number of rotatable bonds is 7. The number of benzene rings is 1. The van der Waals surface area contributed by atoms with Crippen LogP contribution in [0, 0.1) is 6.92 Å². The predicted molar refractivity (Wildman–Crippen MR) is 115 cm³/mol. The third kappa shape index (κ3) is 4.59. The molecule has 1 atom stereocenters. The van der Waals surface area contributed by atoms with Crippen LogP contribution >= 0.6 is 11.3 Å². The minimum Gasteiger partial charge on any atom is -0.461 e. The maximum atomic E-state index is 13.0. The van der Waals surface area contributed by atoms with Crippen molar-refractivity contribution in [3.05, 3.63) is 63.0 Å². The fraction of sp³-hybridized carbons (Fsp3) is 0.364. The molecule has 7 nitrogen and oxygen atoms in total. The van der Waals surface area contributed by atoms with Crippen LogP contribution in [-0.4, -0.2) is 34.2 Å². The summed E-state index contributed by atoms with van der Waals surface area (Å²) in [4.78, 5) is 42.8. The molecule has 3 rings (SSSR count). The van der Waals surface area contributed by atoms with Gasteiger partial charge in [-0.3, -0.25) is 9.36 Å². The molecule has 0 radical (unpaired) electrons. The highest BCUT2D eigenvalue weighted by atomic mass is 32.1. The molecular formula is C22H24N2O5S. The molecule has 0 aliphatic carbocycles. The molecule has 0 fully saturated rings. The van der Waals surface area contributed by atoms with Crippen molar-refractivity contribution in [3.8, 4) is 0 Å². The van der Waals surface area contributed by atoms with Crippen LogP contribution in [0.4, 0.5) is 0 Å². The van der Waals surface area contributed by atoms with Crippen molar-refractivity contribution in [1.29, 1.82) is 0 Å². The maximum Gasteiger partial charge on any atom is 0.348 e. The summed E-state index contributed by atoms with van der Waals surface area (Å²) in [5, 5.41) is 0.321. The van der Waals surface area contributed by atoms with Crippen LogP contribution in [0.15, 0.2) is 41.5 Å². The Morgan fingerprint density at radius 2 is 1.87 bits per heavy atom. The molecule has 158 valence electrons. The van der Waals surface area contributed by atoms with E-state index in [2.05, 4.69) is 4.98 Å². The Morgan fingerprint density at radius 3 is 2.53 bits per heavy atom. The Kier molecular flexibility index (Phi) is 6.66. The highest BCUT2D eigenvalue weighted by Crippen LogP contribution is 2.28. The zero-order valence-electron chi connectivity index (χ0n) is 17.4. The first-order valence-electron chi connectivity index (χ1n) is 9.71. The summed E-state index contributed by atoms with van der Waals surface area (Å²) in [6.45, 7) is 7.00. The quantitative estimate of drug-likeness (QED) is 0.534. The van der Waals surface area contributed by atoms with Crippen molar-refractivity contribution in [2.45, 2.75) is 46.3 Å². The lowest BCUT2D eigenvalue weighted by Crippen LogP contribution is -2.30. The SMILES string of the molecule is Cc1c(C(=O)OCCc2ccccc2)sc2ncn(C(C)C(=O)OC(C)C)c(=O)c12. The van der Waals surface area contributed by atoms with Crippen molar-refractivity contribution in [2.24, 2.45) is 0 Å². The van der Waals surface area contributed by atoms with Crippen molar-refractivity contribution >= 4 is 33.5 Å². The van der Waals surface area contributed by atoms with Gasteiger partial charge >= 0.3 is 11.9 Å². The molecule has 2 heterocycles. The first-order valence-corrected chi connectivity index (χ1v) is 10.5. The van der Waals surface area contributed by atoms with Crippen LogP contribution in [-0.2, 0) is 20.7 Å². The molecule has 1 aromatic carbocycles. The zero-order valence-corrected chi connectivity index (χ0v) is 18.2. The molecule has 1 unspecified atom stereocenters. The second kappa shape index (κ2) is 9.21. The Hall–Kier alpha value is -3.00. The summed E-state index contributed by atoms with van der Waals surface area (Å²) in [5.74, 6) is -0.994. The molecule has 2 aromatic heterocycles. The van der Waals surface area contributed by atoms with Crippen molar-refractivity contribution in [3.63, 3.8) is 0 Å². The number of hydrogen-bond acceptors (Lipinski definition) is 7. The Bertz CT molecular complexity index is 1120. The summed E-state index contributed by atoms with van der Waals surface area (Å²) in [6, 6.07) is 8.91. The molecule has 3 aromatic rings. The van der Waals surface area contributed by atoms with Crippen LogP contribution < -0.4 is 5.56 Å².